The van der Waals surface area contributed by atoms with Gasteiger partial charge in [0.1, 0.15) is 19.3 Å². The third-order valence-electron chi connectivity index (χ3n) is 8.36. The lowest BCUT2D eigenvalue weighted by Crippen LogP contribution is -2.42. The Kier molecular flexibility index (Phi) is 7.01. The van der Waals surface area contributed by atoms with E-state index in [9.17, 15) is 9.90 Å². The summed E-state index contributed by atoms with van der Waals surface area (Å²) in [4.78, 5) is 13.7. The molecule has 3 aromatic rings. The van der Waals surface area contributed by atoms with Crippen LogP contribution < -0.4 is 9.64 Å². The number of nitrogens with zero attached hydrogens (tertiary/aromatic N) is 2. The van der Waals surface area contributed by atoms with E-state index in [1.54, 1.807) is 0 Å². The third kappa shape index (κ3) is 4.66. The Balaban J connectivity index is 1.49. The molecule has 2 heterocycles. The van der Waals surface area contributed by atoms with Crippen molar-refractivity contribution in [2.75, 3.05) is 18.5 Å². The van der Waals surface area contributed by atoms with E-state index in [0.29, 0.717) is 0 Å². The molecular weight excluding hydrogens is 496 g/mol. The molecule has 2 aliphatic rings. The summed E-state index contributed by atoms with van der Waals surface area (Å²) in [5.74, 6) is -0.121. The number of carboxylic acids is 1. The van der Waals surface area contributed by atoms with Crippen molar-refractivity contribution < 1.29 is 19.2 Å². The van der Waals surface area contributed by atoms with Crippen molar-refractivity contribution in [2.45, 2.75) is 44.6 Å². The van der Waals surface area contributed by atoms with E-state index in [2.05, 4.69) is 107 Å². The van der Waals surface area contributed by atoms with Crippen LogP contribution in [0.4, 0.5) is 11.4 Å². The van der Waals surface area contributed by atoms with Crippen LogP contribution in [0.25, 0.3) is 12.2 Å². The minimum absolute atomic E-state index is 0.0557. The number of ether oxygens (including phenoxy) is 1. The molecule has 5 nitrogen and oxygen atoms in total. The fourth-order valence-electron chi connectivity index (χ4n) is 6.31. The molecular formula is C35H37N2O3+. The van der Waals surface area contributed by atoms with Crippen LogP contribution >= 0.6 is 0 Å². The lowest BCUT2D eigenvalue weighted by atomic mass is 9.80. The monoisotopic (exact) mass is 533 g/mol. The van der Waals surface area contributed by atoms with E-state index in [0.717, 1.165) is 28.1 Å². The number of allylic oxidation sites excluding steroid dienone is 1. The second kappa shape index (κ2) is 10.3. The Labute approximate surface area is 237 Å². The Morgan fingerprint density at radius 1 is 1.00 bits per heavy atom. The molecule has 0 fully saturated rings. The van der Waals surface area contributed by atoms with Crippen LogP contribution in [-0.2, 0) is 15.6 Å². The summed E-state index contributed by atoms with van der Waals surface area (Å²) in [6, 6.07) is 22.6. The van der Waals surface area contributed by atoms with Gasteiger partial charge in [-0.3, -0.25) is 4.79 Å². The van der Waals surface area contributed by atoms with Crippen LogP contribution in [0, 0.1) is 0 Å². The van der Waals surface area contributed by atoms with Crippen molar-refractivity contribution in [2.24, 2.45) is 0 Å². The van der Waals surface area contributed by atoms with E-state index in [1.165, 1.54) is 23.2 Å². The second-order valence-electron chi connectivity index (χ2n) is 11.6. The van der Waals surface area contributed by atoms with E-state index in [-0.39, 0.29) is 23.4 Å². The molecule has 0 spiro atoms. The van der Waals surface area contributed by atoms with Crippen LogP contribution in [0.2, 0.25) is 0 Å². The molecule has 0 radical (unpaired) electrons. The topological polar surface area (TPSA) is 52.8 Å². The van der Waals surface area contributed by atoms with Gasteiger partial charge in [-0.25, -0.2) is 0 Å². The van der Waals surface area contributed by atoms with E-state index < -0.39 is 5.97 Å². The molecule has 204 valence electrons. The van der Waals surface area contributed by atoms with Gasteiger partial charge < -0.3 is 14.7 Å². The molecule has 2 aliphatic heterocycles. The first kappa shape index (κ1) is 27.2. The van der Waals surface area contributed by atoms with Gasteiger partial charge in [-0.2, -0.15) is 4.58 Å². The summed E-state index contributed by atoms with van der Waals surface area (Å²) in [6.45, 7) is 12.5. The normalized spacial score (nSPS) is 18.8. The highest BCUT2D eigenvalue weighted by atomic mass is 16.5. The van der Waals surface area contributed by atoms with Crippen LogP contribution in [0.1, 0.15) is 49.9 Å². The summed E-state index contributed by atoms with van der Waals surface area (Å²) in [5.41, 5.74) is 7.43. The van der Waals surface area contributed by atoms with Crippen molar-refractivity contribution in [3.05, 3.63) is 114 Å². The van der Waals surface area contributed by atoms with Gasteiger partial charge in [0.05, 0.1) is 17.7 Å². The molecule has 0 saturated heterocycles. The molecule has 40 heavy (non-hydrogen) atoms. The summed E-state index contributed by atoms with van der Waals surface area (Å²) < 4.78 is 8.00. The maximum atomic E-state index is 11.8. The fraction of sp³-hybridized carbons (Fsp3) is 0.257. The smallest absolute Gasteiger partial charge is 0.323 e. The first-order valence-corrected chi connectivity index (χ1v) is 13.6. The maximum Gasteiger partial charge on any atom is 0.323 e. The molecule has 0 aromatic heterocycles. The number of fused-ring (bicyclic) bond motifs is 2. The van der Waals surface area contributed by atoms with Crippen molar-refractivity contribution in [1.29, 1.82) is 0 Å². The van der Waals surface area contributed by atoms with Crippen molar-refractivity contribution in [3.8, 4) is 5.75 Å². The first-order chi connectivity index (χ1) is 19.1. The van der Waals surface area contributed by atoms with Crippen LogP contribution in [0.15, 0.2) is 91.7 Å². The minimum Gasteiger partial charge on any atom is -0.480 e. The van der Waals surface area contributed by atoms with Crippen LogP contribution in [0.5, 0.6) is 5.75 Å². The summed E-state index contributed by atoms with van der Waals surface area (Å²) in [5, 5.41) is 9.65. The van der Waals surface area contributed by atoms with E-state index in [1.807, 2.05) is 35.2 Å². The molecule has 0 amide bonds. The zero-order valence-corrected chi connectivity index (χ0v) is 23.9. The van der Waals surface area contributed by atoms with Gasteiger partial charge in [0, 0.05) is 34.4 Å². The highest BCUT2D eigenvalue weighted by molar-refractivity contribution is 6.05. The number of carboxylic acid groups (broad SMARTS) is 1. The number of hydrogen-bond acceptors (Lipinski definition) is 3. The van der Waals surface area contributed by atoms with Gasteiger partial charge in [-0.05, 0) is 49.2 Å². The highest BCUT2D eigenvalue weighted by Gasteiger charge is 2.44. The minimum atomic E-state index is -0.844. The van der Waals surface area contributed by atoms with Crippen molar-refractivity contribution in [1.82, 2.24) is 0 Å². The molecule has 0 saturated carbocycles. The largest absolute Gasteiger partial charge is 0.480 e. The van der Waals surface area contributed by atoms with Crippen LogP contribution in [-0.4, -0.2) is 41.0 Å². The Hall–Kier alpha value is -4.38. The van der Waals surface area contributed by atoms with Gasteiger partial charge in [-0.15, -0.1) is 0 Å². The van der Waals surface area contributed by atoms with Crippen molar-refractivity contribution in [3.63, 3.8) is 0 Å². The van der Waals surface area contributed by atoms with E-state index in [4.69, 9.17) is 4.74 Å². The predicted octanol–water partition coefficient (Wildman–Crippen LogP) is 7.19. The quantitative estimate of drug-likeness (QED) is 0.246. The standard InChI is InChI=1S/C35H36N2O3/c1-7-40-30-19-16-24(17-20-32-35(4,5)27-13-9-11-15-29(27)37(32)23-33(38)39)22-25(30)18-21-31-34(2,3)26-12-8-10-14-28(26)36(31)6/h7-22,32H,1,23H2,2-6H3/p+1/b20-17+,21-18+. The number of hydrogen-bond donors (Lipinski definition) is 1. The Morgan fingerprint density at radius 2 is 1.70 bits per heavy atom. The second-order valence-corrected chi connectivity index (χ2v) is 11.6. The average Bonchev–Trinajstić information content (AvgIpc) is 3.25. The summed E-state index contributed by atoms with van der Waals surface area (Å²) >= 11 is 0. The predicted molar refractivity (Wildman–Crippen MR) is 164 cm³/mol. The SMILES string of the molecule is C=COc1ccc(/C=C/C2N(CC(=O)O)c3ccccc3C2(C)C)cc1/C=C/C1=[N+](C)c2ccccc2C1(C)C. The zero-order valence-electron chi connectivity index (χ0n) is 23.9. The molecule has 3 aromatic carbocycles. The van der Waals surface area contributed by atoms with Crippen LogP contribution in [0.3, 0.4) is 0 Å². The van der Waals surface area contributed by atoms with Gasteiger partial charge in [0.15, 0.2) is 5.71 Å². The van der Waals surface area contributed by atoms with Gasteiger partial charge in [0.2, 0.25) is 5.69 Å². The maximum absolute atomic E-state index is 11.8. The molecule has 5 rings (SSSR count). The summed E-state index contributed by atoms with van der Waals surface area (Å²) in [7, 11) is 2.11. The molecule has 1 atom stereocenters. The van der Waals surface area contributed by atoms with Gasteiger partial charge in [-0.1, -0.05) is 75.0 Å². The molecule has 1 N–H and O–H groups in total. The van der Waals surface area contributed by atoms with Gasteiger partial charge >= 0.3 is 5.97 Å². The van der Waals surface area contributed by atoms with E-state index >= 15 is 0 Å². The number of aliphatic carboxylic acids is 1. The number of benzene rings is 3. The first-order valence-electron chi connectivity index (χ1n) is 13.6. The Morgan fingerprint density at radius 3 is 2.40 bits per heavy atom. The number of carbonyl (C=O) groups is 1. The molecule has 1 unspecified atom stereocenters. The van der Waals surface area contributed by atoms with Gasteiger partial charge in [0.25, 0.3) is 0 Å². The lowest BCUT2D eigenvalue weighted by Gasteiger charge is -2.31. The molecule has 5 heteroatoms. The highest BCUT2D eigenvalue weighted by Crippen LogP contribution is 2.45. The zero-order chi connectivity index (χ0) is 28.7. The number of rotatable bonds is 8. The average molecular weight is 534 g/mol. The number of para-hydroxylation sites is 2. The van der Waals surface area contributed by atoms with Crippen molar-refractivity contribution >= 4 is 35.2 Å². The molecule has 0 aliphatic carbocycles. The summed E-state index contributed by atoms with van der Waals surface area (Å²) in [6.07, 6.45) is 9.92. The Bertz CT molecular complexity index is 1570. The molecule has 0 bridgehead atoms. The fourth-order valence-corrected chi connectivity index (χ4v) is 6.31. The third-order valence-corrected chi connectivity index (χ3v) is 8.36. The number of anilines is 1. The lowest BCUT2D eigenvalue weighted by molar-refractivity contribution is -0.401.